The third-order valence-electron chi connectivity index (χ3n) is 3.25. The number of carbonyl (C=O) groups excluding carboxylic acids is 1. The molecule has 27 heavy (non-hydrogen) atoms. The monoisotopic (exact) mass is 385 g/mol. The number of hydrazine groups is 1. The molecule has 2 rings (SSSR count). The molecular formula is C18H22F3N3O3. The summed E-state index contributed by atoms with van der Waals surface area (Å²) in [4.78, 5) is 15.7. The number of aliphatic imine (C=N–C) groups is 1. The first-order valence-corrected chi connectivity index (χ1v) is 8.40. The van der Waals surface area contributed by atoms with Gasteiger partial charge in [0, 0.05) is 17.8 Å². The Morgan fingerprint density at radius 3 is 2.52 bits per heavy atom. The van der Waals surface area contributed by atoms with Gasteiger partial charge < -0.3 is 9.47 Å². The summed E-state index contributed by atoms with van der Waals surface area (Å²) in [6.07, 6.45) is -2.40. The molecule has 0 aliphatic carbocycles. The molecule has 1 aromatic rings. The zero-order chi connectivity index (χ0) is 20.2. The van der Waals surface area contributed by atoms with Gasteiger partial charge in [0.2, 0.25) is 0 Å². The molecule has 0 radical (unpaired) electrons. The van der Waals surface area contributed by atoms with Crippen LogP contribution in [0.1, 0.15) is 38.8 Å². The molecule has 0 saturated heterocycles. The number of carbonyl (C=O) groups is 1. The lowest BCUT2D eigenvalue weighted by Crippen LogP contribution is -2.32. The first-order chi connectivity index (χ1) is 12.5. The molecule has 0 amide bonds. The van der Waals surface area contributed by atoms with Crippen LogP contribution in [-0.2, 0) is 15.7 Å². The molecule has 1 aliphatic rings. The Balaban J connectivity index is 2.16. The Labute approximate surface area is 155 Å². The van der Waals surface area contributed by atoms with Crippen LogP contribution in [0.25, 0.3) is 0 Å². The molecule has 148 valence electrons. The summed E-state index contributed by atoms with van der Waals surface area (Å²) in [7, 11) is 0. The van der Waals surface area contributed by atoms with Crippen LogP contribution in [0.3, 0.4) is 0 Å². The van der Waals surface area contributed by atoms with E-state index in [9.17, 15) is 18.0 Å². The van der Waals surface area contributed by atoms with E-state index < -0.39 is 17.7 Å². The fourth-order valence-electron chi connectivity index (χ4n) is 2.26. The molecule has 0 atom stereocenters. The molecular weight excluding hydrogens is 363 g/mol. The van der Waals surface area contributed by atoms with Gasteiger partial charge >= 0.3 is 12.1 Å². The molecule has 0 spiro atoms. The van der Waals surface area contributed by atoms with E-state index >= 15 is 0 Å². The number of esters is 1. The highest BCUT2D eigenvalue weighted by atomic mass is 19.4. The van der Waals surface area contributed by atoms with Crippen LogP contribution in [0.2, 0.25) is 0 Å². The summed E-state index contributed by atoms with van der Waals surface area (Å²) < 4.78 is 49.9. The fourth-order valence-corrected chi connectivity index (χ4v) is 2.26. The molecule has 9 heteroatoms. The summed E-state index contributed by atoms with van der Waals surface area (Å²) in [6.45, 7) is 7.05. The number of hydrogen-bond acceptors (Lipinski definition) is 6. The number of amidine groups is 1. The van der Waals surface area contributed by atoms with Crippen LogP contribution in [0.15, 0.2) is 35.5 Å². The Bertz CT molecular complexity index is 743. The molecule has 1 aliphatic heterocycles. The molecule has 0 aromatic heterocycles. The van der Waals surface area contributed by atoms with Crippen molar-refractivity contribution in [2.24, 2.45) is 4.99 Å². The standard InChI is InChI=1S/C18H22F3N3O3/c1-11(2)26-15-8-13(7-14(9-15)18(19,20)21)17-22-10-24(23-17)6-5-16(25)27-12(3)4/h5-9,11-12H,10H2,1-4H3,(H,22,23)/b6-5-. The van der Waals surface area contributed by atoms with Crippen molar-refractivity contribution < 1.29 is 27.4 Å². The van der Waals surface area contributed by atoms with Crippen molar-refractivity contribution in [1.29, 1.82) is 0 Å². The number of rotatable bonds is 6. The third kappa shape index (κ3) is 6.19. The molecule has 1 heterocycles. The lowest BCUT2D eigenvalue weighted by molar-refractivity contribution is -0.141. The topological polar surface area (TPSA) is 63.2 Å². The summed E-state index contributed by atoms with van der Waals surface area (Å²) in [5.74, 6) is -0.169. The second-order valence-corrected chi connectivity index (χ2v) is 6.44. The van der Waals surface area contributed by atoms with Gasteiger partial charge in [-0.25, -0.2) is 9.79 Å². The first kappa shape index (κ1) is 20.6. The van der Waals surface area contributed by atoms with Gasteiger partial charge in [0.15, 0.2) is 0 Å². The van der Waals surface area contributed by atoms with Crippen molar-refractivity contribution in [3.8, 4) is 5.75 Å². The first-order valence-electron chi connectivity index (χ1n) is 8.40. The molecule has 6 nitrogen and oxygen atoms in total. The average molecular weight is 385 g/mol. The van der Waals surface area contributed by atoms with E-state index in [1.807, 2.05) is 0 Å². The highest BCUT2D eigenvalue weighted by Gasteiger charge is 2.32. The Hall–Kier alpha value is -2.71. The maximum absolute atomic E-state index is 13.2. The predicted octanol–water partition coefficient (Wildman–Crippen LogP) is 3.48. The molecule has 0 saturated carbocycles. The summed E-state index contributed by atoms with van der Waals surface area (Å²) in [6, 6.07) is 3.44. The Morgan fingerprint density at radius 2 is 1.93 bits per heavy atom. The van der Waals surface area contributed by atoms with Gasteiger partial charge in [0.1, 0.15) is 18.3 Å². The van der Waals surface area contributed by atoms with Crippen molar-refractivity contribution in [1.82, 2.24) is 10.4 Å². The zero-order valence-electron chi connectivity index (χ0n) is 15.5. The number of hydrogen-bond donors (Lipinski definition) is 1. The van der Waals surface area contributed by atoms with E-state index in [0.29, 0.717) is 0 Å². The quantitative estimate of drug-likeness (QED) is 0.600. The van der Waals surface area contributed by atoms with E-state index in [1.165, 1.54) is 23.4 Å². The Kier molecular flexibility index (Phi) is 6.35. The molecule has 1 N–H and O–H groups in total. The van der Waals surface area contributed by atoms with Crippen LogP contribution in [0.4, 0.5) is 13.2 Å². The molecule has 1 aromatic carbocycles. The number of nitrogens with zero attached hydrogens (tertiary/aromatic N) is 2. The largest absolute Gasteiger partial charge is 0.491 e. The van der Waals surface area contributed by atoms with Crippen LogP contribution >= 0.6 is 0 Å². The zero-order valence-corrected chi connectivity index (χ0v) is 15.5. The molecule has 0 bridgehead atoms. The minimum absolute atomic E-state index is 0.105. The van der Waals surface area contributed by atoms with Crippen molar-refractivity contribution in [2.75, 3.05) is 6.67 Å². The van der Waals surface area contributed by atoms with E-state index in [2.05, 4.69) is 10.4 Å². The minimum atomic E-state index is -4.51. The average Bonchev–Trinajstić information content (AvgIpc) is 2.99. The van der Waals surface area contributed by atoms with Crippen molar-refractivity contribution in [2.45, 2.75) is 46.1 Å². The Morgan fingerprint density at radius 1 is 1.22 bits per heavy atom. The number of ether oxygens (including phenoxy) is 2. The maximum Gasteiger partial charge on any atom is 0.416 e. The SMILES string of the molecule is CC(C)OC(=O)/C=C\N1CN=C(c2cc(OC(C)C)cc(C(F)(F)F)c2)N1. The van der Waals surface area contributed by atoms with Crippen LogP contribution in [0, 0.1) is 0 Å². The highest BCUT2D eigenvalue weighted by molar-refractivity contribution is 6.00. The number of nitrogens with one attached hydrogen (secondary N) is 1. The normalized spacial score (nSPS) is 14.7. The van der Waals surface area contributed by atoms with Gasteiger partial charge in [-0.2, -0.15) is 13.2 Å². The van der Waals surface area contributed by atoms with E-state index in [1.54, 1.807) is 27.7 Å². The number of benzene rings is 1. The highest BCUT2D eigenvalue weighted by Crippen LogP contribution is 2.33. The second kappa shape index (κ2) is 8.32. The van der Waals surface area contributed by atoms with Gasteiger partial charge in [0.25, 0.3) is 0 Å². The van der Waals surface area contributed by atoms with E-state index in [0.717, 1.165) is 12.1 Å². The molecule has 0 fully saturated rings. The van der Waals surface area contributed by atoms with Gasteiger partial charge in [-0.05, 0) is 45.9 Å². The van der Waals surface area contributed by atoms with Crippen molar-refractivity contribution in [3.63, 3.8) is 0 Å². The van der Waals surface area contributed by atoms with Gasteiger partial charge in [-0.3, -0.25) is 10.4 Å². The number of alkyl halides is 3. The summed E-state index contributed by atoms with van der Waals surface area (Å²) in [5.41, 5.74) is 2.25. The smallest absolute Gasteiger partial charge is 0.416 e. The van der Waals surface area contributed by atoms with E-state index in [4.69, 9.17) is 9.47 Å². The lowest BCUT2D eigenvalue weighted by atomic mass is 10.1. The van der Waals surface area contributed by atoms with Gasteiger partial charge in [0.05, 0.1) is 17.8 Å². The van der Waals surface area contributed by atoms with E-state index in [-0.39, 0.29) is 36.0 Å². The maximum atomic E-state index is 13.2. The van der Waals surface area contributed by atoms with Crippen LogP contribution in [-0.4, -0.2) is 35.7 Å². The second-order valence-electron chi connectivity index (χ2n) is 6.44. The van der Waals surface area contributed by atoms with Crippen molar-refractivity contribution in [3.05, 3.63) is 41.6 Å². The van der Waals surface area contributed by atoms with Crippen molar-refractivity contribution >= 4 is 11.8 Å². The van der Waals surface area contributed by atoms with Crippen LogP contribution < -0.4 is 10.2 Å². The minimum Gasteiger partial charge on any atom is -0.491 e. The predicted molar refractivity (Wildman–Crippen MR) is 94.0 cm³/mol. The van der Waals surface area contributed by atoms with Gasteiger partial charge in [-0.15, -0.1) is 0 Å². The fraction of sp³-hybridized carbons (Fsp3) is 0.444. The third-order valence-corrected chi connectivity index (χ3v) is 3.25. The summed E-state index contributed by atoms with van der Waals surface area (Å²) >= 11 is 0. The number of halogens is 3. The van der Waals surface area contributed by atoms with Crippen LogP contribution in [0.5, 0.6) is 5.75 Å². The molecule has 0 unspecified atom stereocenters. The van der Waals surface area contributed by atoms with Gasteiger partial charge in [-0.1, -0.05) is 0 Å². The summed E-state index contributed by atoms with van der Waals surface area (Å²) in [5, 5.41) is 1.46. The lowest BCUT2D eigenvalue weighted by Gasteiger charge is -2.17.